The van der Waals surface area contributed by atoms with Gasteiger partial charge in [-0.15, -0.1) is 25.6 Å². The van der Waals surface area contributed by atoms with E-state index in [-0.39, 0.29) is 48.8 Å². The second-order valence-corrected chi connectivity index (χ2v) is 9.94. The summed E-state index contributed by atoms with van der Waals surface area (Å²) in [6.45, 7) is 3.30. The Labute approximate surface area is 202 Å². The predicted octanol–water partition coefficient (Wildman–Crippen LogP) is 1.34. The first kappa shape index (κ1) is 28.1. The molecule has 0 aliphatic carbocycles. The number of amides is 2. The van der Waals surface area contributed by atoms with E-state index in [1.807, 2.05) is 0 Å². The SMILES string of the molecule is CC(=O)N1CCN(S(=O)(=O)c2ccc(OC(F)(F)F)cc2)[C@@H](C(=O)NCC2CCNCC2)C1.Cl. The van der Waals surface area contributed by atoms with Crippen LogP contribution in [0.2, 0.25) is 0 Å². The maximum absolute atomic E-state index is 13.3. The minimum atomic E-state index is -4.90. The smallest absolute Gasteiger partial charge is 0.406 e. The quantitative estimate of drug-likeness (QED) is 0.577. The topological polar surface area (TPSA) is 108 Å². The molecule has 3 rings (SSSR count). The highest BCUT2D eigenvalue weighted by molar-refractivity contribution is 7.89. The highest BCUT2D eigenvalue weighted by atomic mass is 35.5. The van der Waals surface area contributed by atoms with Crippen LogP contribution in [-0.4, -0.2) is 81.1 Å². The zero-order valence-electron chi connectivity index (χ0n) is 18.5. The van der Waals surface area contributed by atoms with E-state index in [1.165, 1.54) is 11.8 Å². The van der Waals surface area contributed by atoms with Crippen LogP contribution in [0.3, 0.4) is 0 Å². The molecule has 2 N–H and O–H groups in total. The maximum Gasteiger partial charge on any atom is 0.573 e. The van der Waals surface area contributed by atoms with Crippen LogP contribution in [0.4, 0.5) is 13.2 Å². The zero-order chi connectivity index (χ0) is 24.2. The van der Waals surface area contributed by atoms with Crippen LogP contribution in [-0.2, 0) is 19.6 Å². The van der Waals surface area contributed by atoms with Gasteiger partial charge in [0.25, 0.3) is 0 Å². The van der Waals surface area contributed by atoms with Crippen molar-refractivity contribution in [3.05, 3.63) is 24.3 Å². The van der Waals surface area contributed by atoms with Gasteiger partial charge in [0.2, 0.25) is 21.8 Å². The molecule has 2 saturated heterocycles. The van der Waals surface area contributed by atoms with Crippen LogP contribution in [0.1, 0.15) is 19.8 Å². The molecule has 0 bridgehead atoms. The molecule has 2 amide bonds. The Morgan fingerprint density at radius 2 is 1.76 bits per heavy atom. The van der Waals surface area contributed by atoms with Gasteiger partial charge in [-0.05, 0) is 56.1 Å². The number of benzene rings is 1. The number of ether oxygens (including phenoxy) is 1. The third kappa shape index (κ3) is 7.20. The van der Waals surface area contributed by atoms with Crippen molar-refractivity contribution in [3.63, 3.8) is 0 Å². The Morgan fingerprint density at radius 1 is 1.15 bits per heavy atom. The van der Waals surface area contributed by atoms with E-state index < -0.39 is 34.1 Å². The maximum atomic E-state index is 13.3. The molecule has 0 saturated carbocycles. The average Bonchev–Trinajstić information content (AvgIpc) is 2.77. The van der Waals surface area contributed by atoms with Crippen LogP contribution in [0.5, 0.6) is 5.75 Å². The number of alkyl halides is 3. The fourth-order valence-electron chi connectivity index (χ4n) is 3.95. The van der Waals surface area contributed by atoms with E-state index in [4.69, 9.17) is 0 Å². The van der Waals surface area contributed by atoms with E-state index in [9.17, 15) is 31.2 Å². The summed E-state index contributed by atoms with van der Waals surface area (Å²) in [6.07, 6.45) is -3.13. The van der Waals surface area contributed by atoms with Crippen molar-refractivity contribution in [2.75, 3.05) is 39.3 Å². The fraction of sp³-hybridized carbons (Fsp3) is 0.600. The Kier molecular flexibility index (Phi) is 9.57. The first-order chi connectivity index (χ1) is 15.5. The minimum Gasteiger partial charge on any atom is -0.406 e. The summed E-state index contributed by atoms with van der Waals surface area (Å²) in [4.78, 5) is 26.0. The van der Waals surface area contributed by atoms with Crippen molar-refractivity contribution in [2.24, 2.45) is 5.92 Å². The summed E-state index contributed by atoms with van der Waals surface area (Å²) < 4.78 is 68.5. The first-order valence-corrected chi connectivity index (χ1v) is 12.0. The van der Waals surface area contributed by atoms with Gasteiger partial charge in [0, 0.05) is 33.1 Å². The van der Waals surface area contributed by atoms with E-state index in [2.05, 4.69) is 15.4 Å². The molecule has 0 aromatic heterocycles. The summed E-state index contributed by atoms with van der Waals surface area (Å²) in [6, 6.07) is 2.65. The Balaban J connectivity index is 0.00000408. The summed E-state index contributed by atoms with van der Waals surface area (Å²) >= 11 is 0. The number of carbonyl (C=O) groups excluding carboxylic acids is 2. The third-order valence-electron chi connectivity index (χ3n) is 5.77. The molecule has 192 valence electrons. The predicted molar refractivity (Wildman–Crippen MR) is 119 cm³/mol. The number of carbonyl (C=O) groups is 2. The molecule has 0 unspecified atom stereocenters. The number of halogens is 4. The molecular formula is C20H28ClF3N4O5S. The average molecular weight is 529 g/mol. The highest BCUT2D eigenvalue weighted by Gasteiger charge is 2.41. The van der Waals surface area contributed by atoms with Crippen LogP contribution in [0, 0.1) is 5.92 Å². The summed E-state index contributed by atoms with van der Waals surface area (Å²) in [5, 5.41) is 6.04. The lowest BCUT2D eigenvalue weighted by molar-refractivity contribution is -0.274. The second-order valence-electron chi connectivity index (χ2n) is 8.05. The third-order valence-corrected chi connectivity index (χ3v) is 7.69. The van der Waals surface area contributed by atoms with Gasteiger partial charge in [-0.25, -0.2) is 8.42 Å². The number of rotatable bonds is 6. The van der Waals surface area contributed by atoms with Crippen LogP contribution in [0.25, 0.3) is 0 Å². The number of hydrogen-bond donors (Lipinski definition) is 2. The molecule has 0 spiro atoms. The lowest BCUT2D eigenvalue weighted by atomic mass is 9.98. The summed E-state index contributed by atoms with van der Waals surface area (Å²) in [7, 11) is -4.22. The number of nitrogens with zero attached hydrogens (tertiary/aromatic N) is 2. The minimum absolute atomic E-state index is 0. The van der Waals surface area contributed by atoms with Crippen molar-refractivity contribution in [1.29, 1.82) is 0 Å². The summed E-state index contributed by atoms with van der Waals surface area (Å²) in [5.74, 6) is -1.08. The fourth-order valence-corrected chi connectivity index (χ4v) is 5.52. The molecule has 2 aliphatic heterocycles. The second kappa shape index (κ2) is 11.6. The highest BCUT2D eigenvalue weighted by Crippen LogP contribution is 2.27. The molecule has 34 heavy (non-hydrogen) atoms. The summed E-state index contributed by atoms with van der Waals surface area (Å²) in [5.41, 5.74) is 0. The first-order valence-electron chi connectivity index (χ1n) is 10.6. The normalized spacial score (nSPS) is 20.4. The number of sulfonamides is 1. The molecule has 9 nitrogen and oxygen atoms in total. The van der Waals surface area contributed by atoms with Gasteiger partial charge in [-0.2, -0.15) is 4.31 Å². The van der Waals surface area contributed by atoms with Crippen molar-refractivity contribution in [2.45, 2.75) is 37.1 Å². The van der Waals surface area contributed by atoms with Gasteiger partial charge < -0.3 is 20.3 Å². The van der Waals surface area contributed by atoms with E-state index in [0.717, 1.165) is 54.5 Å². The Bertz CT molecular complexity index is 956. The van der Waals surface area contributed by atoms with Gasteiger partial charge in [0.1, 0.15) is 11.8 Å². The van der Waals surface area contributed by atoms with Crippen LogP contribution >= 0.6 is 12.4 Å². The Morgan fingerprint density at radius 3 is 2.32 bits per heavy atom. The monoisotopic (exact) mass is 528 g/mol. The number of piperidine rings is 1. The van der Waals surface area contributed by atoms with Crippen LogP contribution < -0.4 is 15.4 Å². The number of piperazine rings is 1. The number of nitrogens with one attached hydrogen (secondary N) is 2. The van der Waals surface area contributed by atoms with Crippen LogP contribution in [0.15, 0.2) is 29.2 Å². The van der Waals surface area contributed by atoms with Crippen molar-refractivity contribution in [3.8, 4) is 5.75 Å². The zero-order valence-corrected chi connectivity index (χ0v) is 20.1. The van der Waals surface area contributed by atoms with Gasteiger partial charge in [-0.3, -0.25) is 9.59 Å². The molecular weight excluding hydrogens is 501 g/mol. The molecule has 14 heteroatoms. The molecule has 1 atom stereocenters. The number of hydrogen-bond acceptors (Lipinski definition) is 6. The lowest BCUT2D eigenvalue weighted by Gasteiger charge is -2.39. The molecule has 2 fully saturated rings. The molecule has 2 aliphatic rings. The molecule has 1 aromatic carbocycles. The van der Waals surface area contributed by atoms with Gasteiger partial charge in [0.05, 0.1) is 4.90 Å². The Hall–Kier alpha value is -2.09. The van der Waals surface area contributed by atoms with Gasteiger partial charge in [0.15, 0.2) is 0 Å². The standard InChI is InChI=1S/C20H27F3N4O5S.ClH/c1-14(28)26-10-11-27(18(13-26)19(29)25-12-15-6-8-24-9-7-15)33(30,31)17-4-2-16(3-5-17)32-20(21,22)23;/h2-5,15,18,24H,6-13H2,1H3,(H,25,29);1H/t18-;/m1./s1. The largest absolute Gasteiger partial charge is 0.573 e. The van der Waals surface area contributed by atoms with Gasteiger partial charge >= 0.3 is 6.36 Å². The van der Waals surface area contributed by atoms with E-state index in [0.29, 0.717) is 6.54 Å². The lowest BCUT2D eigenvalue weighted by Crippen LogP contribution is -2.61. The molecule has 0 radical (unpaired) electrons. The molecule has 2 heterocycles. The van der Waals surface area contributed by atoms with E-state index in [1.54, 1.807) is 0 Å². The van der Waals surface area contributed by atoms with Crippen molar-refractivity contribution >= 4 is 34.2 Å². The van der Waals surface area contributed by atoms with Crippen molar-refractivity contribution < 1.29 is 35.9 Å². The molecule has 1 aromatic rings. The van der Waals surface area contributed by atoms with E-state index >= 15 is 0 Å². The van der Waals surface area contributed by atoms with Gasteiger partial charge in [-0.1, -0.05) is 0 Å². The van der Waals surface area contributed by atoms with Crippen molar-refractivity contribution in [1.82, 2.24) is 19.8 Å².